The van der Waals surface area contributed by atoms with E-state index >= 15 is 0 Å². The van der Waals surface area contributed by atoms with E-state index in [4.69, 9.17) is 5.73 Å². The number of rotatable bonds is 3. The number of aryl methyl sites for hydroxylation is 2. The summed E-state index contributed by atoms with van der Waals surface area (Å²) < 4.78 is 1.88. The summed E-state index contributed by atoms with van der Waals surface area (Å²) in [6, 6.07) is 2.45. The summed E-state index contributed by atoms with van der Waals surface area (Å²) in [4.78, 5) is 0. The van der Waals surface area contributed by atoms with Crippen molar-refractivity contribution in [1.82, 2.24) is 9.78 Å². The van der Waals surface area contributed by atoms with Crippen LogP contribution in [-0.2, 0) is 7.05 Å². The molecule has 4 heteroatoms. The van der Waals surface area contributed by atoms with Crippen molar-refractivity contribution in [2.45, 2.75) is 32.2 Å². The summed E-state index contributed by atoms with van der Waals surface area (Å²) in [6.45, 7) is 2.98. The zero-order valence-electron chi connectivity index (χ0n) is 9.53. The van der Waals surface area contributed by atoms with Crippen molar-refractivity contribution in [2.75, 3.05) is 11.9 Å². The van der Waals surface area contributed by atoms with E-state index in [1.165, 1.54) is 19.3 Å². The van der Waals surface area contributed by atoms with Crippen molar-refractivity contribution in [1.29, 1.82) is 0 Å². The van der Waals surface area contributed by atoms with Crippen LogP contribution < -0.4 is 11.1 Å². The summed E-state index contributed by atoms with van der Waals surface area (Å²) in [5.74, 6) is 1.71. The van der Waals surface area contributed by atoms with Crippen LogP contribution in [-0.4, -0.2) is 22.4 Å². The summed E-state index contributed by atoms with van der Waals surface area (Å²) in [7, 11) is 1.96. The first-order chi connectivity index (χ1) is 7.16. The van der Waals surface area contributed by atoms with E-state index in [0.29, 0.717) is 12.0 Å². The van der Waals surface area contributed by atoms with Gasteiger partial charge in [-0.2, -0.15) is 5.10 Å². The summed E-state index contributed by atoms with van der Waals surface area (Å²) in [6.07, 6.45) is 3.71. The van der Waals surface area contributed by atoms with Crippen LogP contribution in [0.1, 0.15) is 25.0 Å². The summed E-state index contributed by atoms with van der Waals surface area (Å²) in [5.41, 5.74) is 7.08. The van der Waals surface area contributed by atoms with Gasteiger partial charge in [0.2, 0.25) is 0 Å². The molecule has 1 fully saturated rings. The third kappa shape index (κ3) is 2.31. The lowest BCUT2D eigenvalue weighted by Gasteiger charge is -2.16. The van der Waals surface area contributed by atoms with E-state index in [0.717, 1.165) is 18.1 Å². The monoisotopic (exact) mass is 208 g/mol. The van der Waals surface area contributed by atoms with Gasteiger partial charge in [-0.05, 0) is 25.7 Å². The molecule has 0 aromatic carbocycles. The van der Waals surface area contributed by atoms with Crippen molar-refractivity contribution in [3.8, 4) is 0 Å². The topological polar surface area (TPSA) is 55.9 Å². The molecule has 3 N–H and O–H groups in total. The van der Waals surface area contributed by atoms with Gasteiger partial charge in [0, 0.05) is 25.7 Å². The average Bonchev–Trinajstić information content (AvgIpc) is 2.70. The normalized spacial score (nSPS) is 25.8. The minimum atomic E-state index is 0.381. The van der Waals surface area contributed by atoms with E-state index in [9.17, 15) is 0 Å². The molecular weight excluding hydrogens is 188 g/mol. The molecule has 0 saturated heterocycles. The fourth-order valence-corrected chi connectivity index (χ4v) is 2.33. The Balaban J connectivity index is 1.90. The fourth-order valence-electron chi connectivity index (χ4n) is 2.33. The second-order valence-electron chi connectivity index (χ2n) is 4.53. The zero-order chi connectivity index (χ0) is 10.8. The van der Waals surface area contributed by atoms with Crippen molar-refractivity contribution in [3.63, 3.8) is 0 Å². The van der Waals surface area contributed by atoms with Crippen molar-refractivity contribution in [2.24, 2.45) is 18.7 Å². The smallest absolute Gasteiger partial charge is 0.124 e. The number of hydrogen-bond acceptors (Lipinski definition) is 3. The quantitative estimate of drug-likeness (QED) is 0.786. The first-order valence-electron chi connectivity index (χ1n) is 5.67. The van der Waals surface area contributed by atoms with Gasteiger partial charge in [0.1, 0.15) is 5.82 Å². The Labute approximate surface area is 90.8 Å². The Bertz CT molecular complexity index is 331. The standard InChI is InChI=1S/C11H20N4/c1-8-6-11(15(2)14-8)13-7-9-4-3-5-10(9)12/h6,9-10,13H,3-5,7,12H2,1-2H3. The molecule has 1 aliphatic rings. The molecule has 4 nitrogen and oxygen atoms in total. The van der Waals surface area contributed by atoms with Crippen LogP contribution >= 0.6 is 0 Å². The van der Waals surface area contributed by atoms with E-state index in [1.54, 1.807) is 0 Å². The number of nitrogens with one attached hydrogen (secondary N) is 1. The van der Waals surface area contributed by atoms with Crippen LogP contribution in [0.4, 0.5) is 5.82 Å². The Morgan fingerprint density at radius 2 is 2.40 bits per heavy atom. The molecule has 0 aliphatic heterocycles. The van der Waals surface area contributed by atoms with Gasteiger partial charge in [-0.3, -0.25) is 4.68 Å². The first-order valence-corrected chi connectivity index (χ1v) is 5.67. The highest BCUT2D eigenvalue weighted by atomic mass is 15.3. The van der Waals surface area contributed by atoms with Gasteiger partial charge < -0.3 is 11.1 Å². The van der Waals surface area contributed by atoms with Gasteiger partial charge in [-0.15, -0.1) is 0 Å². The molecule has 1 heterocycles. The van der Waals surface area contributed by atoms with E-state index in [1.807, 2.05) is 18.7 Å². The van der Waals surface area contributed by atoms with E-state index in [2.05, 4.69) is 16.5 Å². The maximum atomic E-state index is 6.02. The Morgan fingerprint density at radius 1 is 1.60 bits per heavy atom. The molecule has 1 saturated carbocycles. The fraction of sp³-hybridized carbons (Fsp3) is 0.727. The van der Waals surface area contributed by atoms with Gasteiger partial charge in [-0.25, -0.2) is 0 Å². The maximum absolute atomic E-state index is 6.02. The molecule has 0 amide bonds. The number of nitrogens with zero attached hydrogens (tertiary/aromatic N) is 2. The largest absolute Gasteiger partial charge is 0.370 e. The summed E-state index contributed by atoms with van der Waals surface area (Å²) >= 11 is 0. The Kier molecular flexibility index (Phi) is 2.95. The molecule has 1 aromatic rings. The van der Waals surface area contributed by atoms with Gasteiger partial charge in [0.25, 0.3) is 0 Å². The number of aromatic nitrogens is 2. The highest BCUT2D eigenvalue weighted by Gasteiger charge is 2.23. The molecule has 0 radical (unpaired) electrons. The van der Waals surface area contributed by atoms with Crippen LogP contribution in [0.15, 0.2) is 6.07 Å². The molecule has 1 aliphatic carbocycles. The van der Waals surface area contributed by atoms with Crippen molar-refractivity contribution in [3.05, 3.63) is 11.8 Å². The first kappa shape index (κ1) is 10.5. The van der Waals surface area contributed by atoms with E-state index in [-0.39, 0.29) is 0 Å². The summed E-state index contributed by atoms with van der Waals surface area (Å²) in [5, 5.41) is 7.72. The lowest BCUT2D eigenvalue weighted by atomic mass is 10.1. The average molecular weight is 208 g/mol. The number of anilines is 1. The molecule has 2 rings (SSSR count). The molecule has 2 atom stereocenters. The molecule has 15 heavy (non-hydrogen) atoms. The molecule has 0 bridgehead atoms. The van der Waals surface area contributed by atoms with Gasteiger partial charge in [0.05, 0.1) is 5.69 Å². The molecule has 84 valence electrons. The lowest BCUT2D eigenvalue weighted by molar-refractivity contribution is 0.503. The van der Waals surface area contributed by atoms with Crippen molar-refractivity contribution < 1.29 is 0 Å². The highest BCUT2D eigenvalue weighted by Crippen LogP contribution is 2.24. The minimum absolute atomic E-state index is 0.381. The van der Waals surface area contributed by atoms with Gasteiger partial charge in [-0.1, -0.05) is 6.42 Å². The van der Waals surface area contributed by atoms with Crippen LogP contribution in [0.25, 0.3) is 0 Å². The van der Waals surface area contributed by atoms with E-state index < -0.39 is 0 Å². The Morgan fingerprint density at radius 3 is 2.93 bits per heavy atom. The Hall–Kier alpha value is -1.03. The number of nitrogens with two attached hydrogens (primary N) is 1. The third-order valence-electron chi connectivity index (χ3n) is 3.27. The predicted octanol–water partition coefficient (Wildman–Crippen LogP) is 1.27. The van der Waals surface area contributed by atoms with Crippen LogP contribution in [0.5, 0.6) is 0 Å². The molecule has 1 aromatic heterocycles. The van der Waals surface area contributed by atoms with Gasteiger partial charge in [0.15, 0.2) is 0 Å². The van der Waals surface area contributed by atoms with Crippen LogP contribution in [0.3, 0.4) is 0 Å². The molecule has 0 spiro atoms. The predicted molar refractivity (Wildman–Crippen MR) is 61.8 cm³/mol. The second-order valence-corrected chi connectivity index (χ2v) is 4.53. The SMILES string of the molecule is Cc1cc(NCC2CCCC2N)n(C)n1. The lowest BCUT2D eigenvalue weighted by Crippen LogP contribution is -2.30. The third-order valence-corrected chi connectivity index (χ3v) is 3.27. The number of hydrogen-bond donors (Lipinski definition) is 2. The zero-order valence-corrected chi connectivity index (χ0v) is 9.53. The highest BCUT2D eigenvalue weighted by molar-refractivity contribution is 5.36. The van der Waals surface area contributed by atoms with Crippen LogP contribution in [0, 0.1) is 12.8 Å². The second kappa shape index (κ2) is 4.23. The maximum Gasteiger partial charge on any atom is 0.124 e. The van der Waals surface area contributed by atoms with Crippen LogP contribution in [0.2, 0.25) is 0 Å². The van der Waals surface area contributed by atoms with Crippen molar-refractivity contribution >= 4 is 5.82 Å². The minimum Gasteiger partial charge on any atom is -0.370 e. The molecular formula is C11H20N4. The van der Waals surface area contributed by atoms with Gasteiger partial charge >= 0.3 is 0 Å². The molecule has 2 unspecified atom stereocenters.